The summed E-state index contributed by atoms with van der Waals surface area (Å²) >= 11 is 5.06. The van der Waals surface area contributed by atoms with Gasteiger partial charge in [0.05, 0.1) is 5.75 Å². The van der Waals surface area contributed by atoms with Gasteiger partial charge >= 0.3 is 0 Å². The van der Waals surface area contributed by atoms with Crippen LogP contribution in [0, 0.1) is 0 Å². The molecule has 1 saturated carbocycles. The number of amides is 1. The molecule has 0 aromatic heterocycles. The number of nitrogens with zero attached hydrogens (tertiary/aromatic N) is 1. The Labute approximate surface area is 139 Å². The second kappa shape index (κ2) is 9.26. The molecule has 5 heteroatoms. The molecule has 21 heavy (non-hydrogen) atoms. The second-order valence-electron chi connectivity index (χ2n) is 5.25. The Balaban J connectivity index is 1.68. The Morgan fingerprint density at radius 1 is 1.24 bits per heavy atom. The topological polar surface area (TPSA) is 41.5 Å². The molecule has 114 valence electrons. The summed E-state index contributed by atoms with van der Waals surface area (Å²) in [6.07, 6.45) is 7.04. The standard InChI is InChI=1S/C16H21BrN2OS/c17-14-7-5-6-13(10-14)11-21-12-16(20)19-18-15-8-3-1-2-4-9-15/h5-7,10H,1-4,8-9,11-12H2,(H,19,20). The quantitative estimate of drug-likeness (QED) is 0.613. The molecule has 1 aromatic rings. The van der Waals surface area contributed by atoms with Crippen molar-refractivity contribution in [2.24, 2.45) is 5.10 Å². The van der Waals surface area contributed by atoms with Gasteiger partial charge in [-0.15, -0.1) is 11.8 Å². The van der Waals surface area contributed by atoms with Gasteiger partial charge in [-0.05, 0) is 43.4 Å². The third-order valence-electron chi connectivity index (χ3n) is 3.41. The average molecular weight is 369 g/mol. The summed E-state index contributed by atoms with van der Waals surface area (Å²) < 4.78 is 1.07. The highest BCUT2D eigenvalue weighted by Crippen LogP contribution is 2.17. The van der Waals surface area contributed by atoms with Crippen molar-refractivity contribution in [3.63, 3.8) is 0 Å². The summed E-state index contributed by atoms with van der Waals surface area (Å²) in [6.45, 7) is 0. The fourth-order valence-corrected chi connectivity index (χ4v) is 3.52. The van der Waals surface area contributed by atoms with Crippen LogP contribution in [0.2, 0.25) is 0 Å². The first kappa shape index (κ1) is 16.6. The SMILES string of the molecule is O=C(CSCc1cccc(Br)c1)NN=C1CCCCCC1. The first-order valence-electron chi connectivity index (χ1n) is 7.40. The number of hydrogen-bond donors (Lipinski definition) is 1. The summed E-state index contributed by atoms with van der Waals surface area (Å²) in [4.78, 5) is 11.8. The van der Waals surface area contributed by atoms with Crippen molar-refractivity contribution in [3.05, 3.63) is 34.3 Å². The van der Waals surface area contributed by atoms with Crippen LogP contribution in [0.3, 0.4) is 0 Å². The minimum atomic E-state index is -0.00764. The molecule has 0 unspecified atom stereocenters. The van der Waals surface area contributed by atoms with E-state index >= 15 is 0 Å². The molecule has 1 aliphatic carbocycles. The molecule has 0 saturated heterocycles. The monoisotopic (exact) mass is 368 g/mol. The lowest BCUT2D eigenvalue weighted by Crippen LogP contribution is -2.21. The van der Waals surface area contributed by atoms with Crippen molar-refractivity contribution in [2.45, 2.75) is 44.3 Å². The van der Waals surface area contributed by atoms with E-state index in [-0.39, 0.29) is 5.91 Å². The minimum absolute atomic E-state index is 0.00764. The number of carbonyl (C=O) groups excluding carboxylic acids is 1. The Kier molecular flexibility index (Phi) is 7.30. The van der Waals surface area contributed by atoms with Crippen LogP contribution >= 0.6 is 27.7 Å². The van der Waals surface area contributed by atoms with E-state index in [1.165, 1.54) is 31.2 Å². The van der Waals surface area contributed by atoms with Crippen molar-refractivity contribution in [1.82, 2.24) is 5.43 Å². The summed E-state index contributed by atoms with van der Waals surface area (Å²) in [7, 11) is 0. The molecule has 0 atom stereocenters. The first-order chi connectivity index (χ1) is 10.2. The van der Waals surface area contributed by atoms with Gasteiger partial charge in [-0.3, -0.25) is 4.79 Å². The molecule has 0 spiro atoms. The van der Waals surface area contributed by atoms with Gasteiger partial charge < -0.3 is 0 Å². The van der Waals surface area contributed by atoms with Gasteiger partial charge in [0.15, 0.2) is 0 Å². The molecular formula is C16H21BrN2OS. The number of benzene rings is 1. The maximum atomic E-state index is 11.8. The van der Waals surface area contributed by atoms with Crippen LogP contribution in [0.4, 0.5) is 0 Å². The zero-order valence-electron chi connectivity index (χ0n) is 12.1. The van der Waals surface area contributed by atoms with Crippen molar-refractivity contribution in [3.8, 4) is 0 Å². The predicted octanol–water partition coefficient (Wildman–Crippen LogP) is 4.51. The summed E-state index contributed by atoms with van der Waals surface area (Å²) in [5.41, 5.74) is 5.07. The van der Waals surface area contributed by atoms with E-state index < -0.39 is 0 Å². The van der Waals surface area contributed by atoms with Crippen LogP contribution in [0.25, 0.3) is 0 Å². The highest BCUT2D eigenvalue weighted by Gasteiger charge is 2.07. The van der Waals surface area contributed by atoms with Crippen molar-refractivity contribution in [2.75, 3.05) is 5.75 Å². The van der Waals surface area contributed by atoms with Crippen LogP contribution in [-0.2, 0) is 10.5 Å². The van der Waals surface area contributed by atoms with E-state index in [4.69, 9.17) is 0 Å². The van der Waals surface area contributed by atoms with Crippen LogP contribution < -0.4 is 5.43 Å². The maximum Gasteiger partial charge on any atom is 0.250 e. The van der Waals surface area contributed by atoms with Crippen molar-refractivity contribution >= 4 is 39.3 Å². The summed E-state index contributed by atoms with van der Waals surface area (Å²) in [6, 6.07) is 8.17. The highest BCUT2D eigenvalue weighted by molar-refractivity contribution is 9.10. The Bertz CT molecular complexity index is 495. The highest BCUT2D eigenvalue weighted by atomic mass is 79.9. The van der Waals surface area contributed by atoms with Crippen LogP contribution in [-0.4, -0.2) is 17.4 Å². The lowest BCUT2D eigenvalue weighted by atomic mass is 10.2. The number of thioether (sulfide) groups is 1. The van der Waals surface area contributed by atoms with Gasteiger partial charge in [-0.25, -0.2) is 5.43 Å². The van der Waals surface area contributed by atoms with E-state index in [0.29, 0.717) is 5.75 Å². The molecule has 1 aromatic carbocycles. The zero-order chi connectivity index (χ0) is 14.9. The minimum Gasteiger partial charge on any atom is -0.272 e. The Hall–Kier alpha value is -0.810. The van der Waals surface area contributed by atoms with E-state index in [1.807, 2.05) is 12.1 Å². The zero-order valence-corrected chi connectivity index (χ0v) is 14.5. The van der Waals surface area contributed by atoms with E-state index in [0.717, 1.165) is 28.8 Å². The maximum absolute atomic E-state index is 11.8. The molecule has 1 amide bonds. The summed E-state index contributed by atoms with van der Waals surface area (Å²) in [5.74, 6) is 1.28. The summed E-state index contributed by atoms with van der Waals surface area (Å²) in [5, 5.41) is 4.28. The molecule has 0 aliphatic heterocycles. The van der Waals surface area contributed by atoms with Gasteiger partial charge in [0, 0.05) is 15.9 Å². The van der Waals surface area contributed by atoms with Gasteiger partial charge in [0.1, 0.15) is 0 Å². The van der Waals surface area contributed by atoms with Crippen LogP contribution in [0.1, 0.15) is 44.1 Å². The van der Waals surface area contributed by atoms with Gasteiger partial charge in [0.25, 0.3) is 0 Å². The fraction of sp³-hybridized carbons (Fsp3) is 0.500. The third-order valence-corrected chi connectivity index (χ3v) is 4.91. The fourth-order valence-electron chi connectivity index (χ4n) is 2.31. The predicted molar refractivity (Wildman–Crippen MR) is 93.6 cm³/mol. The lowest BCUT2D eigenvalue weighted by molar-refractivity contribution is -0.118. The number of rotatable bonds is 5. The molecule has 0 radical (unpaired) electrons. The Morgan fingerprint density at radius 3 is 2.71 bits per heavy atom. The normalized spacial score (nSPS) is 15.4. The largest absolute Gasteiger partial charge is 0.272 e. The number of nitrogens with one attached hydrogen (secondary N) is 1. The van der Waals surface area contributed by atoms with E-state index in [1.54, 1.807) is 11.8 Å². The van der Waals surface area contributed by atoms with Crippen LogP contribution in [0.5, 0.6) is 0 Å². The van der Waals surface area contributed by atoms with Crippen molar-refractivity contribution < 1.29 is 4.79 Å². The number of hydrogen-bond acceptors (Lipinski definition) is 3. The first-order valence-corrected chi connectivity index (χ1v) is 9.35. The average Bonchev–Trinajstić information content (AvgIpc) is 2.74. The van der Waals surface area contributed by atoms with Gasteiger partial charge in [-0.2, -0.15) is 5.10 Å². The molecule has 0 bridgehead atoms. The molecule has 3 nitrogen and oxygen atoms in total. The third kappa shape index (κ3) is 6.66. The second-order valence-corrected chi connectivity index (χ2v) is 7.15. The smallest absolute Gasteiger partial charge is 0.250 e. The number of carbonyl (C=O) groups is 1. The van der Waals surface area contributed by atoms with Crippen LogP contribution in [0.15, 0.2) is 33.8 Å². The van der Waals surface area contributed by atoms with Gasteiger partial charge in [0.2, 0.25) is 5.91 Å². The number of hydrazone groups is 1. The number of halogens is 1. The van der Waals surface area contributed by atoms with E-state index in [9.17, 15) is 4.79 Å². The Morgan fingerprint density at radius 2 is 2.00 bits per heavy atom. The van der Waals surface area contributed by atoms with Gasteiger partial charge in [-0.1, -0.05) is 40.9 Å². The molecule has 1 aliphatic rings. The molecule has 0 heterocycles. The molecular weight excluding hydrogens is 348 g/mol. The van der Waals surface area contributed by atoms with E-state index in [2.05, 4.69) is 38.6 Å². The molecule has 1 fully saturated rings. The molecule has 2 rings (SSSR count). The van der Waals surface area contributed by atoms with Crippen molar-refractivity contribution in [1.29, 1.82) is 0 Å². The lowest BCUT2D eigenvalue weighted by Gasteiger charge is -2.04. The molecule has 1 N–H and O–H groups in total.